The number of aromatic nitrogens is 2. The molecule has 0 bridgehead atoms. The van der Waals surface area contributed by atoms with Crippen LogP contribution in [0.2, 0.25) is 0 Å². The quantitative estimate of drug-likeness (QED) is 0.752. The zero-order valence-electron chi connectivity index (χ0n) is 12.7. The van der Waals surface area contributed by atoms with E-state index in [0.717, 1.165) is 4.88 Å². The van der Waals surface area contributed by atoms with Crippen LogP contribution in [-0.2, 0) is 0 Å². The monoisotopic (exact) mass is 347 g/mol. The van der Waals surface area contributed by atoms with Crippen LogP contribution in [0, 0.1) is 12.7 Å². The van der Waals surface area contributed by atoms with Crippen LogP contribution in [0.4, 0.5) is 4.39 Å². The van der Waals surface area contributed by atoms with Crippen LogP contribution in [0.3, 0.4) is 0 Å². The van der Waals surface area contributed by atoms with Crippen LogP contribution < -0.4 is 10.9 Å². The van der Waals surface area contributed by atoms with Gasteiger partial charge >= 0.3 is 0 Å². The van der Waals surface area contributed by atoms with Crippen molar-refractivity contribution in [2.75, 3.05) is 6.54 Å². The van der Waals surface area contributed by atoms with E-state index in [2.05, 4.69) is 10.3 Å². The number of carbonyl (C=O) groups is 1. The van der Waals surface area contributed by atoms with Gasteiger partial charge in [-0.05, 0) is 24.6 Å². The number of amides is 1. The third-order valence-electron chi connectivity index (χ3n) is 3.48. The summed E-state index contributed by atoms with van der Waals surface area (Å²) < 4.78 is 14.2. The minimum Gasteiger partial charge on any atom is -0.387 e. The molecule has 0 spiro atoms. The molecule has 0 saturated carbocycles. The summed E-state index contributed by atoms with van der Waals surface area (Å²) >= 11 is 1.35. The number of hydrogen-bond acceptors (Lipinski definition) is 5. The van der Waals surface area contributed by atoms with Crippen molar-refractivity contribution in [3.63, 3.8) is 0 Å². The fourth-order valence-corrected chi connectivity index (χ4v) is 3.02. The number of benzene rings is 1. The Morgan fingerprint density at radius 3 is 2.83 bits per heavy atom. The Kier molecular flexibility index (Phi) is 4.41. The number of rotatable bonds is 4. The van der Waals surface area contributed by atoms with Crippen molar-refractivity contribution in [2.24, 2.45) is 0 Å². The van der Waals surface area contributed by atoms with E-state index in [1.807, 2.05) is 6.92 Å². The molecule has 6 nitrogen and oxygen atoms in total. The largest absolute Gasteiger partial charge is 0.387 e. The van der Waals surface area contributed by atoms with Gasteiger partial charge in [0.2, 0.25) is 0 Å². The summed E-state index contributed by atoms with van der Waals surface area (Å²) in [5, 5.41) is 12.5. The Balaban J connectivity index is 1.74. The maximum absolute atomic E-state index is 12.9. The van der Waals surface area contributed by atoms with Gasteiger partial charge in [-0.3, -0.25) is 14.0 Å². The minimum absolute atomic E-state index is 0.100. The fraction of sp³-hybridized carbons (Fsp3) is 0.188. The van der Waals surface area contributed by atoms with Crippen LogP contribution in [0.25, 0.3) is 4.96 Å². The first-order valence-electron chi connectivity index (χ1n) is 7.15. The molecule has 3 rings (SSSR count). The van der Waals surface area contributed by atoms with Gasteiger partial charge in [0.15, 0.2) is 4.96 Å². The predicted molar refractivity (Wildman–Crippen MR) is 87.8 cm³/mol. The van der Waals surface area contributed by atoms with E-state index < -0.39 is 23.4 Å². The van der Waals surface area contributed by atoms with E-state index in [1.165, 1.54) is 46.2 Å². The Labute approximate surface area is 140 Å². The van der Waals surface area contributed by atoms with Crippen molar-refractivity contribution >= 4 is 22.2 Å². The predicted octanol–water partition coefficient (Wildman–Crippen LogP) is 1.67. The second kappa shape index (κ2) is 6.50. The van der Waals surface area contributed by atoms with Crippen LogP contribution >= 0.6 is 11.3 Å². The lowest BCUT2D eigenvalue weighted by Crippen LogP contribution is -2.33. The fourth-order valence-electron chi connectivity index (χ4n) is 2.24. The molecule has 0 aliphatic carbocycles. The number of aryl methyl sites for hydroxylation is 1. The van der Waals surface area contributed by atoms with E-state index in [-0.39, 0.29) is 12.1 Å². The molecular formula is C16H14FN3O3S. The minimum atomic E-state index is -1.00. The number of halogens is 1. The molecule has 24 heavy (non-hydrogen) atoms. The number of nitrogens with one attached hydrogen (secondary N) is 1. The molecule has 3 aromatic rings. The third-order valence-corrected chi connectivity index (χ3v) is 4.39. The van der Waals surface area contributed by atoms with Crippen molar-refractivity contribution in [1.29, 1.82) is 0 Å². The molecule has 2 aromatic heterocycles. The molecule has 2 heterocycles. The summed E-state index contributed by atoms with van der Waals surface area (Å²) in [5.41, 5.74) is -0.0924. The number of aliphatic hydroxyl groups excluding tert-OH is 1. The third kappa shape index (κ3) is 3.19. The van der Waals surface area contributed by atoms with Gasteiger partial charge in [-0.15, -0.1) is 11.3 Å². The summed E-state index contributed by atoms with van der Waals surface area (Å²) in [4.78, 5) is 30.0. The van der Waals surface area contributed by atoms with Gasteiger partial charge in [0.05, 0.1) is 6.10 Å². The topological polar surface area (TPSA) is 83.7 Å². The highest BCUT2D eigenvalue weighted by Crippen LogP contribution is 2.14. The normalized spacial score (nSPS) is 12.3. The number of hydrogen-bond donors (Lipinski definition) is 2. The van der Waals surface area contributed by atoms with Crippen molar-refractivity contribution in [3.05, 3.63) is 68.8 Å². The van der Waals surface area contributed by atoms with Crippen LogP contribution in [-0.4, -0.2) is 26.9 Å². The zero-order chi connectivity index (χ0) is 17.3. The average molecular weight is 347 g/mol. The highest BCUT2D eigenvalue weighted by atomic mass is 32.1. The van der Waals surface area contributed by atoms with Crippen molar-refractivity contribution in [3.8, 4) is 0 Å². The zero-order valence-corrected chi connectivity index (χ0v) is 13.5. The first-order valence-corrected chi connectivity index (χ1v) is 7.97. The number of carbonyl (C=O) groups excluding carboxylic acids is 1. The van der Waals surface area contributed by atoms with Gasteiger partial charge < -0.3 is 10.4 Å². The summed E-state index contributed by atoms with van der Waals surface area (Å²) in [7, 11) is 0. The van der Waals surface area contributed by atoms with Crippen LogP contribution in [0.15, 0.2) is 41.5 Å². The molecule has 0 aliphatic heterocycles. The van der Waals surface area contributed by atoms with E-state index >= 15 is 0 Å². The molecule has 0 fully saturated rings. The van der Waals surface area contributed by atoms with E-state index in [1.54, 1.807) is 6.20 Å². The highest BCUT2D eigenvalue weighted by molar-refractivity contribution is 7.16. The number of nitrogens with zero attached hydrogens (tertiary/aromatic N) is 2. The molecular weight excluding hydrogens is 333 g/mol. The molecule has 1 unspecified atom stereocenters. The molecule has 1 amide bonds. The van der Waals surface area contributed by atoms with E-state index in [9.17, 15) is 19.1 Å². The van der Waals surface area contributed by atoms with Crippen molar-refractivity contribution in [2.45, 2.75) is 13.0 Å². The molecule has 8 heteroatoms. The van der Waals surface area contributed by atoms with Gasteiger partial charge in [0.25, 0.3) is 11.5 Å². The number of fused-ring (bicyclic) bond motifs is 1. The maximum Gasteiger partial charge on any atom is 0.271 e. The molecule has 1 aromatic carbocycles. The Bertz CT molecular complexity index is 949. The summed E-state index contributed by atoms with van der Waals surface area (Å²) in [6, 6.07) is 5.32. The lowest BCUT2D eigenvalue weighted by Gasteiger charge is -2.12. The van der Waals surface area contributed by atoms with E-state index in [0.29, 0.717) is 10.5 Å². The molecule has 124 valence electrons. The SMILES string of the molecule is Cc1cn2c(=O)c(C(=O)NCC(O)c3ccc(F)cc3)cnc2s1. The lowest BCUT2D eigenvalue weighted by atomic mass is 10.1. The second-order valence-corrected chi connectivity index (χ2v) is 6.46. The van der Waals surface area contributed by atoms with Crippen molar-refractivity contribution < 1.29 is 14.3 Å². The summed E-state index contributed by atoms with van der Waals surface area (Å²) in [5.74, 6) is -1.03. The average Bonchev–Trinajstić information content (AvgIpc) is 2.95. The Morgan fingerprint density at radius 2 is 2.12 bits per heavy atom. The first-order chi connectivity index (χ1) is 11.5. The summed E-state index contributed by atoms with van der Waals surface area (Å²) in [6.07, 6.45) is 1.85. The number of thiazole rings is 1. The molecule has 0 saturated heterocycles. The van der Waals surface area contributed by atoms with E-state index in [4.69, 9.17) is 0 Å². The van der Waals surface area contributed by atoms with Gasteiger partial charge in [0, 0.05) is 23.8 Å². The molecule has 2 N–H and O–H groups in total. The number of aliphatic hydroxyl groups is 1. The van der Waals surface area contributed by atoms with Crippen LogP contribution in [0.1, 0.15) is 26.9 Å². The second-order valence-electron chi connectivity index (χ2n) is 5.25. The molecule has 0 radical (unpaired) electrons. The maximum atomic E-state index is 12.9. The summed E-state index contributed by atoms with van der Waals surface area (Å²) in [6.45, 7) is 1.74. The van der Waals surface area contributed by atoms with Crippen molar-refractivity contribution in [1.82, 2.24) is 14.7 Å². The van der Waals surface area contributed by atoms with Gasteiger partial charge in [-0.25, -0.2) is 9.37 Å². The first kappa shape index (κ1) is 16.3. The smallest absolute Gasteiger partial charge is 0.271 e. The Hall–Kier alpha value is -2.58. The standard InChI is InChI=1S/C16H14FN3O3S/c1-9-8-20-15(23)12(6-19-16(20)24-9)14(22)18-7-13(21)10-2-4-11(17)5-3-10/h2-6,8,13,21H,7H2,1H3,(H,18,22). The van der Waals surface area contributed by atoms with Gasteiger partial charge in [-0.2, -0.15) is 0 Å². The van der Waals surface area contributed by atoms with Gasteiger partial charge in [-0.1, -0.05) is 12.1 Å². The molecule has 0 aliphatic rings. The van der Waals surface area contributed by atoms with Crippen LogP contribution in [0.5, 0.6) is 0 Å². The highest BCUT2D eigenvalue weighted by Gasteiger charge is 2.16. The lowest BCUT2D eigenvalue weighted by molar-refractivity contribution is 0.0914. The molecule has 1 atom stereocenters. The Morgan fingerprint density at radius 1 is 1.42 bits per heavy atom. The van der Waals surface area contributed by atoms with Gasteiger partial charge in [0.1, 0.15) is 11.4 Å².